The van der Waals surface area contributed by atoms with Crippen LogP contribution in [0.1, 0.15) is 65.8 Å². The fourth-order valence-corrected chi connectivity index (χ4v) is 6.78. The number of ether oxygens (including phenoxy) is 1. The van der Waals surface area contributed by atoms with E-state index in [2.05, 4.69) is 42.4 Å². The minimum Gasteiger partial charge on any atom is -0.497 e. The number of primary amides is 1. The molecule has 232 valence electrons. The molecule has 2 aromatic carbocycles. The SMILES string of the molecule is COc1ccc(C(=O)C[C@@H]2CCCN(c3nnc(C(N)=O)c(Nc4ccc(N5CCN(C6CCCC6)CC5)cc4)n3)C2)cc1. The van der Waals surface area contributed by atoms with Crippen molar-refractivity contribution in [2.24, 2.45) is 11.7 Å². The first kappa shape index (κ1) is 29.8. The Bertz CT molecular complexity index is 1430. The molecule has 0 radical (unpaired) electrons. The molecule has 1 amide bonds. The molecule has 44 heavy (non-hydrogen) atoms. The molecule has 3 aliphatic rings. The first-order valence-corrected chi connectivity index (χ1v) is 15.8. The second-order valence-electron chi connectivity index (χ2n) is 12.1. The zero-order valence-electron chi connectivity index (χ0n) is 25.5. The summed E-state index contributed by atoms with van der Waals surface area (Å²) in [6.07, 6.45) is 7.70. The van der Waals surface area contributed by atoms with Crippen molar-refractivity contribution < 1.29 is 14.3 Å². The molecule has 1 aromatic heterocycles. The van der Waals surface area contributed by atoms with Gasteiger partial charge in [0.25, 0.3) is 5.91 Å². The van der Waals surface area contributed by atoms with E-state index in [4.69, 9.17) is 10.5 Å². The van der Waals surface area contributed by atoms with Crippen LogP contribution < -0.4 is 25.6 Å². The van der Waals surface area contributed by atoms with Crippen molar-refractivity contribution in [3.05, 3.63) is 59.8 Å². The number of hydrogen-bond acceptors (Lipinski definition) is 10. The molecule has 0 bridgehead atoms. The summed E-state index contributed by atoms with van der Waals surface area (Å²) in [6.45, 7) is 5.63. The number of ketones is 1. The molecular formula is C33H42N8O3. The number of nitrogens with zero attached hydrogens (tertiary/aromatic N) is 6. The number of aromatic nitrogens is 3. The number of methoxy groups -OCH3 is 1. The maximum absolute atomic E-state index is 13.0. The topological polar surface area (TPSA) is 130 Å². The smallest absolute Gasteiger partial charge is 0.273 e. The van der Waals surface area contributed by atoms with Crippen molar-refractivity contribution >= 4 is 34.8 Å². The molecule has 1 atom stereocenters. The Morgan fingerprint density at radius 3 is 2.30 bits per heavy atom. The summed E-state index contributed by atoms with van der Waals surface area (Å²) >= 11 is 0. The normalized spacial score (nSPS) is 19.6. The quantitative estimate of drug-likeness (QED) is 0.326. The average molecular weight is 599 g/mol. The summed E-state index contributed by atoms with van der Waals surface area (Å²) in [5.41, 5.74) is 8.27. The lowest BCUT2D eigenvalue weighted by Crippen LogP contribution is -2.49. The molecule has 3 N–H and O–H groups in total. The lowest BCUT2D eigenvalue weighted by molar-refractivity contribution is 0.0954. The van der Waals surface area contributed by atoms with E-state index in [0.29, 0.717) is 24.5 Å². The molecule has 2 aliphatic heterocycles. The van der Waals surface area contributed by atoms with Crippen LogP contribution in [0.4, 0.5) is 23.1 Å². The van der Waals surface area contributed by atoms with Gasteiger partial charge < -0.3 is 25.6 Å². The number of nitrogens with two attached hydrogens (primary N) is 1. The number of benzene rings is 2. The van der Waals surface area contributed by atoms with Gasteiger partial charge in [0.05, 0.1) is 7.11 Å². The van der Waals surface area contributed by atoms with Crippen molar-refractivity contribution in [3.63, 3.8) is 0 Å². The Morgan fingerprint density at radius 1 is 0.886 bits per heavy atom. The third-order valence-corrected chi connectivity index (χ3v) is 9.25. The van der Waals surface area contributed by atoms with Gasteiger partial charge in [0.2, 0.25) is 5.95 Å². The highest BCUT2D eigenvalue weighted by atomic mass is 16.5. The summed E-state index contributed by atoms with van der Waals surface area (Å²) in [6, 6.07) is 16.2. The van der Waals surface area contributed by atoms with Gasteiger partial charge in [-0.25, -0.2) is 0 Å². The van der Waals surface area contributed by atoms with Gasteiger partial charge in [0.15, 0.2) is 17.3 Å². The van der Waals surface area contributed by atoms with Gasteiger partial charge in [-0.15, -0.1) is 10.2 Å². The van der Waals surface area contributed by atoms with Gasteiger partial charge in [-0.05, 0) is 80.1 Å². The Kier molecular flexibility index (Phi) is 9.20. The molecule has 2 saturated heterocycles. The predicted molar refractivity (Wildman–Crippen MR) is 171 cm³/mol. The van der Waals surface area contributed by atoms with Crippen molar-refractivity contribution in [2.45, 2.75) is 51.0 Å². The molecule has 11 nitrogen and oxygen atoms in total. The van der Waals surface area contributed by atoms with Crippen molar-refractivity contribution in [1.82, 2.24) is 20.1 Å². The first-order valence-electron chi connectivity index (χ1n) is 15.8. The Balaban J connectivity index is 1.09. The number of amides is 1. The monoisotopic (exact) mass is 598 g/mol. The highest BCUT2D eigenvalue weighted by Crippen LogP contribution is 2.29. The number of carbonyl (C=O) groups is 2. The van der Waals surface area contributed by atoms with Crippen LogP contribution in [0.3, 0.4) is 0 Å². The van der Waals surface area contributed by atoms with Crippen molar-refractivity contribution in [3.8, 4) is 5.75 Å². The summed E-state index contributed by atoms with van der Waals surface area (Å²) in [5, 5.41) is 11.6. The van der Waals surface area contributed by atoms with Crippen LogP contribution in [-0.4, -0.2) is 84.2 Å². The molecule has 3 aromatic rings. The van der Waals surface area contributed by atoms with Crippen molar-refractivity contribution in [1.29, 1.82) is 0 Å². The fraction of sp³-hybridized carbons (Fsp3) is 0.485. The summed E-state index contributed by atoms with van der Waals surface area (Å²) < 4.78 is 5.21. The highest BCUT2D eigenvalue weighted by Gasteiger charge is 2.27. The van der Waals surface area contributed by atoms with Crippen LogP contribution in [0, 0.1) is 5.92 Å². The lowest BCUT2D eigenvalue weighted by atomic mass is 9.91. The van der Waals surface area contributed by atoms with E-state index in [1.165, 1.54) is 31.4 Å². The molecular weight excluding hydrogens is 556 g/mol. The number of piperidine rings is 1. The Hall–Kier alpha value is -4.25. The molecule has 1 aliphatic carbocycles. The van der Waals surface area contributed by atoms with E-state index < -0.39 is 5.91 Å². The summed E-state index contributed by atoms with van der Waals surface area (Å²) in [5.74, 6) is 0.971. The summed E-state index contributed by atoms with van der Waals surface area (Å²) in [4.78, 5) is 37.0. The van der Waals surface area contributed by atoms with Crippen LogP contribution in [-0.2, 0) is 0 Å². The van der Waals surface area contributed by atoms with E-state index in [-0.39, 0.29) is 23.2 Å². The number of piperazine rings is 1. The zero-order valence-corrected chi connectivity index (χ0v) is 25.5. The third kappa shape index (κ3) is 6.93. The molecule has 3 fully saturated rings. The molecule has 1 saturated carbocycles. The van der Waals surface area contributed by atoms with Gasteiger partial charge in [-0.2, -0.15) is 4.98 Å². The van der Waals surface area contributed by atoms with E-state index in [0.717, 1.165) is 63.0 Å². The minimum atomic E-state index is -0.697. The van der Waals surface area contributed by atoms with E-state index >= 15 is 0 Å². The number of Topliss-reactive ketones (excluding diaryl/α,β-unsaturated/α-hetero) is 1. The molecule has 11 heteroatoms. The zero-order chi connectivity index (χ0) is 30.5. The lowest BCUT2D eigenvalue weighted by Gasteiger charge is -2.39. The molecule has 0 unspecified atom stereocenters. The fourth-order valence-electron chi connectivity index (χ4n) is 6.78. The maximum Gasteiger partial charge on any atom is 0.273 e. The number of nitrogens with one attached hydrogen (secondary N) is 1. The predicted octanol–water partition coefficient (Wildman–Crippen LogP) is 4.28. The van der Waals surface area contributed by atoms with E-state index in [9.17, 15) is 9.59 Å². The average Bonchev–Trinajstić information content (AvgIpc) is 3.61. The Morgan fingerprint density at radius 2 is 1.61 bits per heavy atom. The third-order valence-electron chi connectivity index (χ3n) is 9.25. The number of carbonyl (C=O) groups excluding carboxylic acids is 2. The highest BCUT2D eigenvalue weighted by molar-refractivity contribution is 5.97. The Labute approximate surface area is 258 Å². The first-order chi connectivity index (χ1) is 21.5. The molecule has 6 rings (SSSR count). The largest absolute Gasteiger partial charge is 0.497 e. The van der Waals surface area contributed by atoms with Gasteiger partial charge in [-0.1, -0.05) is 12.8 Å². The second kappa shape index (κ2) is 13.6. The van der Waals surface area contributed by atoms with Gasteiger partial charge in [0, 0.05) is 68.7 Å². The van der Waals surface area contributed by atoms with Crippen LogP contribution in [0.2, 0.25) is 0 Å². The molecule has 3 heterocycles. The van der Waals surface area contributed by atoms with Crippen LogP contribution >= 0.6 is 0 Å². The van der Waals surface area contributed by atoms with Crippen molar-refractivity contribution in [2.75, 3.05) is 61.5 Å². The number of hydrogen-bond donors (Lipinski definition) is 2. The van der Waals surface area contributed by atoms with E-state index in [1.54, 1.807) is 31.4 Å². The van der Waals surface area contributed by atoms with Crippen LogP contribution in [0.15, 0.2) is 48.5 Å². The number of anilines is 4. The maximum atomic E-state index is 13.0. The van der Waals surface area contributed by atoms with Crippen LogP contribution in [0.5, 0.6) is 5.75 Å². The summed E-state index contributed by atoms with van der Waals surface area (Å²) in [7, 11) is 1.61. The van der Waals surface area contributed by atoms with Gasteiger partial charge in [0.1, 0.15) is 5.75 Å². The standard InChI is InChI=1S/C33H42N8O3/c1-44-28-14-8-24(9-15-28)29(42)21-23-5-4-16-41(22-23)33-36-32(30(31(34)43)37-38-33)35-25-10-12-27(13-11-25)40-19-17-39(18-20-40)26-6-2-3-7-26/h8-15,23,26H,2-7,16-22H2,1H3,(H2,34,43)(H,35,36,38)/t23-/m0/s1. The van der Waals surface area contributed by atoms with E-state index in [1.807, 2.05) is 17.0 Å². The van der Waals surface area contributed by atoms with Gasteiger partial charge >= 0.3 is 0 Å². The van der Waals surface area contributed by atoms with Gasteiger partial charge in [-0.3, -0.25) is 14.5 Å². The number of rotatable bonds is 10. The second-order valence-corrected chi connectivity index (χ2v) is 12.1. The van der Waals surface area contributed by atoms with Crippen LogP contribution in [0.25, 0.3) is 0 Å². The molecule has 0 spiro atoms. The minimum absolute atomic E-state index is 0.0101.